The zero-order valence-corrected chi connectivity index (χ0v) is 12.4. The molecule has 0 saturated heterocycles. The highest BCUT2D eigenvalue weighted by molar-refractivity contribution is 7.99. The molecule has 0 radical (unpaired) electrons. The van der Waals surface area contributed by atoms with Crippen molar-refractivity contribution in [3.05, 3.63) is 29.3 Å². The van der Waals surface area contributed by atoms with E-state index >= 15 is 0 Å². The molecule has 1 heterocycles. The molecule has 0 aromatic heterocycles. The molecule has 1 aliphatic rings. The van der Waals surface area contributed by atoms with Gasteiger partial charge >= 0.3 is 0 Å². The summed E-state index contributed by atoms with van der Waals surface area (Å²) >= 11 is 14.2. The van der Waals surface area contributed by atoms with Crippen molar-refractivity contribution in [2.75, 3.05) is 12.8 Å². The van der Waals surface area contributed by atoms with E-state index in [2.05, 4.69) is 30.4 Å². The molecule has 94 valence electrons. The molecule has 0 saturated carbocycles. The summed E-state index contributed by atoms with van der Waals surface area (Å²) < 4.78 is 0. The quantitative estimate of drug-likeness (QED) is 0.846. The number of thioether (sulfide) groups is 1. The topological polar surface area (TPSA) is 12.0 Å². The standard InChI is InChI=1S/C13H17Cl2NS/c1-8(16-2)12(13(14)15)10-4-3-9-5-6-17-11(9)7-10/h3-4,7-8,12-13,16H,5-6H2,1-2H3. The molecular formula is C13H17Cl2NS. The number of alkyl halides is 2. The van der Waals surface area contributed by atoms with Crippen LogP contribution in [0.4, 0.5) is 0 Å². The van der Waals surface area contributed by atoms with Crippen molar-refractivity contribution in [1.29, 1.82) is 0 Å². The molecule has 0 fully saturated rings. The number of fused-ring (bicyclic) bond motifs is 1. The van der Waals surface area contributed by atoms with E-state index in [1.807, 2.05) is 18.8 Å². The summed E-state index contributed by atoms with van der Waals surface area (Å²) in [6.45, 7) is 2.11. The van der Waals surface area contributed by atoms with E-state index in [1.165, 1.54) is 28.2 Å². The van der Waals surface area contributed by atoms with Crippen LogP contribution >= 0.6 is 35.0 Å². The van der Waals surface area contributed by atoms with E-state index in [-0.39, 0.29) is 16.8 Å². The van der Waals surface area contributed by atoms with Gasteiger partial charge in [0, 0.05) is 22.6 Å². The molecule has 4 heteroatoms. The van der Waals surface area contributed by atoms with E-state index in [1.54, 1.807) is 0 Å². The van der Waals surface area contributed by atoms with Gasteiger partial charge in [-0.3, -0.25) is 0 Å². The minimum Gasteiger partial charge on any atom is -0.317 e. The van der Waals surface area contributed by atoms with Gasteiger partial charge < -0.3 is 5.32 Å². The fourth-order valence-corrected chi connectivity index (χ4v) is 4.07. The Hall–Kier alpha value is 0.110. The minimum absolute atomic E-state index is 0.134. The van der Waals surface area contributed by atoms with E-state index in [9.17, 15) is 0 Å². The van der Waals surface area contributed by atoms with Crippen LogP contribution in [0.2, 0.25) is 0 Å². The highest BCUT2D eigenvalue weighted by Crippen LogP contribution is 2.36. The summed E-state index contributed by atoms with van der Waals surface area (Å²) in [5, 5.41) is 3.24. The van der Waals surface area contributed by atoms with Crippen LogP contribution in [0.3, 0.4) is 0 Å². The van der Waals surface area contributed by atoms with Gasteiger partial charge in [0.1, 0.15) is 4.84 Å². The predicted molar refractivity (Wildman–Crippen MR) is 77.6 cm³/mol. The van der Waals surface area contributed by atoms with Gasteiger partial charge in [-0.15, -0.1) is 35.0 Å². The number of likely N-dealkylation sites (N-methyl/N-ethyl adjacent to an activating group) is 1. The Morgan fingerprint density at radius 2 is 2.12 bits per heavy atom. The third-order valence-corrected chi connectivity index (χ3v) is 5.01. The van der Waals surface area contributed by atoms with Gasteiger partial charge in [0.05, 0.1) is 0 Å². The van der Waals surface area contributed by atoms with Gasteiger partial charge in [-0.1, -0.05) is 12.1 Å². The van der Waals surface area contributed by atoms with E-state index in [0.29, 0.717) is 0 Å². The van der Waals surface area contributed by atoms with Crippen molar-refractivity contribution >= 4 is 35.0 Å². The Bertz CT molecular complexity index is 395. The Morgan fingerprint density at radius 1 is 1.35 bits per heavy atom. The normalized spacial score (nSPS) is 18.2. The molecule has 0 aliphatic carbocycles. The van der Waals surface area contributed by atoms with Crippen LogP contribution < -0.4 is 5.32 Å². The van der Waals surface area contributed by atoms with E-state index < -0.39 is 0 Å². The molecule has 0 spiro atoms. The third kappa shape index (κ3) is 2.93. The van der Waals surface area contributed by atoms with Crippen molar-refractivity contribution in [3.63, 3.8) is 0 Å². The number of hydrogen-bond acceptors (Lipinski definition) is 2. The average Bonchev–Trinajstić information content (AvgIpc) is 2.75. The number of benzene rings is 1. The molecule has 1 nitrogen and oxygen atoms in total. The summed E-state index contributed by atoms with van der Waals surface area (Å²) in [5.74, 6) is 1.32. The van der Waals surface area contributed by atoms with Crippen LogP contribution in [-0.4, -0.2) is 23.7 Å². The Morgan fingerprint density at radius 3 is 2.76 bits per heavy atom. The number of rotatable bonds is 4. The largest absolute Gasteiger partial charge is 0.317 e. The van der Waals surface area contributed by atoms with Crippen LogP contribution in [-0.2, 0) is 6.42 Å². The zero-order chi connectivity index (χ0) is 12.4. The van der Waals surface area contributed by atoms with Gasteiger partial charge in [0.15, 0.2) is 0 Å². The molecule has 2 atom stereocenters. The monoisotopic (exact) mass is 289 g/mol. The molecule has 17 heavy (non-hydrogen) atoms. The number of hydrogen-bond donors (Lipinski definition) is 1. The smallest absolute Gasteiger partial charge is 0.116 e. The van der Waals surface area contributed by atoms with Gasteiger partial charge in [0.2, 0.25) is 0 Å². The first-order chi connectivity index (χ1) is 8.13. The first kappa shape index (κ1) is 13.5. The molecular weight excluding hydrogens is 273 g/mol. The third-order valence-electron chi connectivity index (χ3n) is 3.37. The van der Waals surface area contributed by atoms with Crippen LogP contribution in [0, 0.1) is 0 Å². The summed E-state index contributed by atoms with van der Waals surface area (Å²) in [6, 6.07) is 6.90. The lowest BCUT2D eigenvalue weighted by Gasteiger charge is -2.25. The zero-order valence-electron chi connectivity index (χ0n) is 10.0. The van der Waals surface area contributed by atoms with Crippen molar-refractivity contribution in [1.82, 2.24) is 5.32 Å². The van der Waals surface area contributed by atoms with Crippen LogP contribution in [0.5, 0.6) is 0 Å². The Balaban J connectivity index is 2.30. The first-order valence-corrected chi connectivity index (χ1v) is 7.70. The van der Waals surface area contributed by atoms with Crippen molar-refractivity contribution in [2.45, 2.75) is 35.0 Å². The summed E-state index contributed by atoms with van der Waals surface area (Å²) in [4.78, 5) is 1.01. The highest BCUT2D eigenvalue weighted by atomic mass is 35.5. The van der Waals surface area contributed by atoms with Crippen LogP contribution in [0.15, 0.2) is 23.1 Å². The summed E-state index contributed by atoms with van der Waals surface area (Å²) in [7, 11) is 1.94. The van der Waals surface area contributed by atoms with Gasteiger partial charge in [-0.25, -0.2) is 0 Å². The first-order valence-electron chi connectivity index (χ1n) is 5.84. The average molecular weight is 290 g/mol. The van der Waals surface area contributed by atoms with Crippen molar-refractivity contribution in [3.8, 4) is 0 Å². The molecule has 1 N–H and O–H groups in total. The SMILES string of the molecule is CNC(C)C(c1ccc2c(c1)SCC2)C(Cl)Cl. The molecule has 0 bridgehead atoms. The number of halogens is 2. The number of aryl methyl sites for hydroxylation is 1. The lowest BCUT2D eigenvalue weighted by molar-refractivity contribution is 0.514. The van der Waals surface area contributed by atoms with Crippen molar-refractivity contribution in [2.24, 2.45) is 0 Å². The Labute approximate surface area is 117 Å². The molecule has 1 aromatic carbocycles. The molecule has 1 aromatic rings. The molecule has 2 unspecified atom stereocenters. The van der Waals surface area contributed by atoms with E-state index in [0.717, 1.165) is 0 Å². The lowest BCUT2D eigenvalue weighted by Crippen LogP contribution is -2.32. The second-order valence-electron chi connectivity index (χ2n) is 4.40. The Kier molecular flexibility index (Phi) is 4.65. The fourth-order valence-electron chi connectivity index (χ4n) is 2.22. The second-order valence-corrected chi connectivity index (χ2v) is 6.70. The second kappa shape index (κ2) is 5.83. The maximum Gasteiger partial charge on any atom is 0.116 e. The lowest BCUT2D eigenvalue weighted by atomic mass is 9.93. The maximum atomic E-state index is 6.12. The molecule has 0 amide bonds. The summed E-state index contributed by atoms with van der Waals surface area (Å²) in [5.41, 5.74) is 2.69. The molecule has 2 rings (SSSR count). The number of nitrogens with one attached hydrogen (secondary N) is 1. The van der Waals surface area contributed by atoms with Gasteiger partial charge in [0.25, 0.3) is 0 Å². The fraction of sp³-hybridized carbons (Fsp3) is 0.538. The van der Waals surface area contributed by atoms with E-state index in [4.69, 9.17) is 23.2 Å². The van der Waals surface area contributed by atoms with Crippen LogP contribution in [0.25, 0.3) is 0 Å². The van der Waals surface area contributed by atoms with Crippen molar-refractivity contribution < 1.29 is 0 Å². The molecule has 1 aliphatic heterocycles. The van der Waals surface area contributed by atoms with Gasteiger partial charge in [-0.2, -0.15) is 0 Å². The van der Waals surface area contributed by atoms with Gasteiger partial charge in [-0.05, 0) is 37.6 Å². The maximum absolute atomic E-state index is 6.12. The predicted octanol–water partition coefficient (Wildman–Crippen LogP) is 3.83. The van der Waals surface area contributed by atoms with Crippen LogP contribution in [0.1, 0.15) is 24.0 Å². The highest BCUT2D eigenvalue weighted by Gasteiger charge is 2.26. The summed E-state index contributed by atoms with van der Waals surface area (Å²) in [6.07, 6.45) is 1.18. The minimum atomic E-state index is -0.387.